The number of pyridine rings is 1. The third-order valence-electron chi connectivity index (χ3n) is 3.05. The molecule has 2 aromatic heterocycles. The predicted molar refractivity (Wildman–Crippen MR) is 73.5 cm³/mol. The molecular weight excluding hydrogens is 224 g/mol. The first-order chi connectivity index (χ1) is 8.47. The molecule has 2 rings (SSSR count). The average Bonchev–Trinajstić information content (AvgIpc) is 2.70. The maximum absolute atomic E-state index is 4.26. The Kier molecular flexibility index (Phi) is 3.66. The second-order valence-electron chi connectivity index (χ2n) is 5.97. The van der Waals surface area contributed by atoms with Gasteiger partial charge in [0.2, 0.25) is 0 Å². The van der Waals surface area contributed by atoms with Gasteiger partial charge in [0, 0.05) is 6.20 Å². The van der Waals surface area contributed by atoms with Crippen LogP contribution in [0.4, 0.5) is 0 Å². The lowest BCUT2D eigenvalue weighted by molar-refractivity contribution is 0.355. The first-order valence-electron chi connectivity index (χ1n) is 6.50. The summed E-state index contributed by atoms with van der Waals surface area (Å²) in [7, 11) is 0. The largest absolute Gasteiger partial charge is 0.307 e. The molecule has 0 saturated heterocycles. The van der Waals surface area contributed by atoms with Gasteiger partial charge in [-0.25, -0.2) is 0 Å². The van der Waals surface area contributed by atoms with Crippen LogP contribution in [0.25, 0.3) is 5.65 Å². The zero-order valence-electron chi connectivity index (χ0n) is 11.6. The normalized spacial score (nSPS) is 14.0. The quantitative estimate of drug-likeness (QED) is 0.902. The van der Waals surface area contributed by atoms with Gasteiger partial charge in [-0.1, -0.05) is 26.8 Å². The Bertz CT molecular complexity index is 510. The molecule has 0 aliphatic rings. The second-order valence-corrected chi connectivity index (χ2v) is 5.97. The minimum atomic E-state index is 0.213. The van der Waals surface area contributed by atoms with Crippen LogP contribution in [-0.2, 0) is 0 Å². The summed E-state index contributed by atoms with van der Waals surface area (Å²) in [6.45, 7) is 9.89. The Labute approximate surface area is 108 Å². The van der Waals surface area contributed by atoms with Crippen LogP contribution in [-0.4, -0.2) is 21.1 Å². The number of fused-ring (bicyclic) bond motifs is 1. The van der Waals surface area contributed by atoms with Crippen LogP contribution >= 0.6 is 0 Å². The van der Waals surface area contributed by atoms with Crippen molar-refractivity contribution in [1.29, 1.82) is 0 Å². The van der Waals surface area contributed by atoms with Crippen molar-refractivity contribution in [3.05, 3.63) is 30.2 Å². The lowest BCUT2D eigenvalue weighted by Crippen LogP contribution is -2.25. The Hall–Kier alpha value is -1.42. The van der Waals surface area contributed by atoms with Crippen LogP contribution in [0.5, 0.6) is 0 Å². The average molecular weight is 246 g/mol. The van der Waals surface area contributed by atoms with E-state index in [1.54, 1.807) is 0 Å². The van der Waals surface area contributed by atoms with Crippen molar-refractivity contribution in [3.8, 4) is 0 Å². The Balaban J connectivity index is 2.03. The van der Waals surface area contributed by atoms with Gasteiger partial charge < -0.3 is 5.32 Å². The van der Waals surface area contributed by atoms with E-state index in [2.05, 4.69) is 43.2 Å². The van der Waals surface area contributed by atoms with Crippen LogP contribution < -0.4 is 5.32 Å². The zero-order valence-corrected chi connectivity index (χ0v) is 11.6. The summed E-state index contributed by atoms with van der Waals surface area (Å²) in [6.07, 6.45) is 3.15. The second kappa shape index (κ2) is 5.06. The van der Waals surface area contributed by atoms with E-state index in [0.29, 0.717) is 5.41 Å². The highest BCUT2D eigenvalue weighted by molar-refractivity contribution is 5.37. The first-order valence-corrected chi connectivity index (χ1v) is 6.50. The van der Waals surface area contributed by atoms with Crippen molar-refractivity contribution in [1.82, 2.24) is 19.9 Å². The van der Waals surface area contributed by atoms with Gasteiger partial charge in [0.1, 0.15) is 0 Å². The number of nitrogens with zero attached hydrogens (tertiary/aromatic N) is 3. The third-order valence-corrected chi connectivity index (χ3v) is 3.05. The van der Waals surface area contributed by atoms with Gasteiger partial charge in [-0.2, -0.15) is 0 Å². The van der Waals surface area contributed by atoms with Crippen molar-refractivity contribution in [2.24, 2.45) is 5.41 Å². The minimum absolute atomic E-state index is 0.213. The van der Waals surface area contributed by atoms with Crippen LogP contribution in [0.1, 0.15) is 46.0 Å². The number of hydrogen-bond donors (Lipinski definition) is 1. The minimum Gasteiger partial charge on any atom is -0.307 e. The molecule has 4 heteroatoms. The van der Waals surface area contributed by atoms with Crippen molar-refractivity contribution >= 4 is 5.65 Å². The Morgan fingerprint density at radius 2 is 2.06 bits per heavy atom. The highest BCUT2D eigenvalue weighted by Crippen LogP contribution is 2.18. The Morgan fingerprint density at radius 1 is 1.28 bits per heavy atom. The van der Waals surface area contributed by atoms with Gasteiger partial charge in [0.05, 0.1) is 6.04 Å². The summed E-state index contributed by atoms with van der Waals surface area (Å²) >= 11 is 0. The molecule has 2 heterocycles. The van der Waals surface area contributed by atoms with Crippen molar-refractivity contribution in [2.45, 2.75) is 40.2 Å². The van der Waals surface area contributed by atoms with E-state index in [1.807, 2.05) is 28.8 Å². The van der Waals surface area contributed by atoms with Crippen molar-refractivity contribution in [2.75, 3.05) is 6.54 Å². The highest BCUT2D eigenvalue weighted by atomic mass is 15.3. The summed E-state index contributed by atoms with van der Waals surface area (Å²) in [5, 5.41) is 11.9. The van der Waals surface area contributed by atoms with Crippen LogP contribution in [0.2, 0.25) is 0 Å². The molecule has 2 aromatic rings. The fourth-order valence-electron chi connectivity index (χ4n) is 1.91. The summed E-state index contributed by atoms with van der Waals surface area (Å²) in [5.41, 5.74) is 1.26. The molecule has 0 saturated carbocycles. The van der Waals surface area contributed by atoms with E-state index in [9.17, 15) is 0 Å². The molecule has 0 amide bonds. The van der Waals surface area contributed by atoms with Gasteiger partial charge in [0.25, 0.3) is 0 Å². The molecule has 4 nitrogen and oxygen atoms in total. The van der Waals surface area contributed by atoms with Crippen molar-refractivity contribution in [3.63, 3.8) is 0 Å². The van der Waals surface area contributed by atoms with E-state index >= 15 is 0 Å². The predicted octanol–water partition coefficient (Wildman–Crippen LogP) is 2.82. The molecular formula is C14H22N4. The zero-order chi connectivity index (χ0) is 13.2. The summed E-state index contributed by atoms with van der Waals surface area (Å²) in [4.78, 5) is 0. The van der Waals surface area contributed by atoms with Gasteiger partial charge in [-0.15, -0.1) is 10.2 Å². The van der Waals surface area contributed by atoms with E-state index in [1.165, 1.54) is 0 Å². The van der Waals surface area contributed by atoms with Gasteiger partial charge in [0.15, 0.2) is 11.5 Å². The topological polar surface area (TPSA) is 42.2 Å². The molecule has 0 aromatic carbocycles. The molecule has 98 valence electrons. The molecule has 18 heavy (non-hydrogen) atoms. The summed E-state index contributed by atoms with van der Waals surface area (Å²) in [6, 6.07) is 6.16. The van der Waals surface area contributed by atoms with Crippen LogP contribution in [0.3, 0.4) is 0 Å². The van der Waals surface area contributed by atoms with Gasteiger partial charge in [-0.05, 0) is 37.4 Å². The van der Waals surface area contributed by atoms with Crippen LogP contribution in [0.15, 0.2) is 24.4 Å². The Morgan fingerprint density at radius 3 is 2.78 bits per heavy atom. The molecule has 0 bridgehead atoms. The molecule has 1 N–H and O–H groups in total. The molecule has 0 fully saturated rings. The lowest BCUT2D eigenvalue weighted by Gasteiger charge is -2.20. The summed E-state index contributed by atoms with van der Waals surface area (Å²) < 4.78 is 2.04. The molecule has 0 aliphatic heterocycles. The van der Waals surface area contributed by atoms with Gasteiger partial charge >= 0.3 is 0 Å². The third kappa shape index (κ3) is 3.07. The van der Waals surface area contributed by atoms with E-state index in [0.717, 1.165) is 24.4 Å². The van der Waals surface area contributed by atoms with E-state index in [-0.39, 0.29) is 6.04 Å². The molecule has 1 unspecified atom stereocenters. The smallest absolute Gasteiger partial charge is 0.160 e. The number of rotatable bonds is 4. The lowest BCUT2D eigenvalue weighted by atomic mass is 9.92. The number of hydrogen-bond acceptors (Lipinski definition) is 3. The molecule has 0 spiro atoms. The van der Waals surface area contributed by atoms with E-state index in [4.69, 9.17) is 0 Å². The number of nitrogens with one attached hydrogen (secondary N) is 1. The standard InChI is InChI=1S/C14H22N4/c1-11(15-9-8-14(2,3)4)13-17-16-12-7-5-6-10-18(12)13/h5-7,10-11,15H,8-9H2,1-4H3. The van der Waals surface area contributed by atoms with E-state index < -0.39 is 0 Å². The monoisotopic (exact) mass is 246 g/mol. The fourth-order valence-corrected chi connectivity index (χ4v) is 1.91. The SMILES string of the molecule is CC(NCCC(C)(C)C)c1nnc2ccccn12. The fraction of sp³-hybridized carbons (Fsp3) is 0.571. The van der Waals surface area contributed by atoms with Crippen LogP contribution in [0, 0.1) is 5.41 Å². The van der Waals surface area contributed by atoms with Crippen molar-refractivity contribution < 1.29 is 0 Å². The maximum atomic E-state index is 4.26. The maximum Gasteiger partial charge on any atom is 0.160 e. The first kappa shape index (κ1) is 13.0. The van der Waals surface area contributed by atoms with Gasteiger partial charge in [-0.3, -0.25) is 4.40 Å². The molecule has 0 aliphatic carbocycles. The summed E-state index contributed by atoms with van der Waals surface area (Å²) in [5.74, 6) is 0.972. The highest BCUT2D eigenvalue weighted by Gasteiger charge is 2.14. The molecule has 1 atom stereocenters. The molecule has 0 radical (unpaired) electrons. The number of aromatic nitrogens is 3.